The summed E-state index contributed by atoms with van der Waals surface area (Å²) in [7, 11) is 0. The Kier molecular flexibility index (Phi) is 16.1. The van der Waals surface area contributed by atoms with Crippen LogP contribution < -0.4 is 0 Å². The lowest BCUT2D eigenvalue weighted by molar-refractivity contribution is 0.0651. The van der Waals surface area contributed by atoms with Crippen molar-refractivity contribution in [3.63, 3.8) is 0 Å². The first kappa shape index (κ1) is 29.3. The van der Waals surface area contributed by atoms with Crippen molar-refractivity contribution in [1.29, 1.82) is 0 Å². The highest BCUT2D eigenvalue weighted by molar-refractivity contribution is 6.02. The number of hydrogen-bond acceptors (Lipinski definition) is 4. The summed E-state index contributed by atoms with van der Waals surface area (Å²) in [6, 6.07) is 5.01. The van der Waals surface area contributed by atoms with E-state index in [9.17, 15) is 19.8 Å². The van der Waals surface area contributed by atoms with E-state index in [4.69, 9.17) is 0 Å². The number of hydrogen-bond donors (Lipinski definition) is 2. The number of aryl methyl sites for hydroxylation is 2. The Hall–Kier alpha value is -2.76. The van der Waals surface area contributed by atoms with Gasteiger partial charge >= 0.3 is 11.9 Å². The first-order valence-corrected chi connectivity index (χ1v) is 12.8. The number of carboxylic acid groups (broad SMARTS) is 2. The van der Waals surface area contributed by atoms with Crippen LogP contribution in [-0.2, 0) is 12.8 Å². The van der Waals surface area contributed by atoms with Gasteiger partial charge in [0, 0.05) is 12.4 Å². The predicted octanol–water partition coefficient (Wildman–Crippen LogP) is 7.37. The molecule has 0 spiro atoms. The van der Waals surface area contributed by atoms with Gasteiger partial charge in [-0.25, -0.2) is 19.6 Å². The molecule has 1 aromatic heterocycles. The predicted molar refractivity (Wildman–Crippen MR) is 137 cm³/mol. The van der Waals surface area contributed by atoms with Crippen LogP contribution in [-0.4, -0.2) is 32.1 Å². The summed E-state index contributed by atoms with van der Waals surface area (Å²) < 4.78 is 0. The monoisotopic (exact) mass is 470 g/mol. The molecule has 2 aromatic rings. The van der Waals surface area contributed by atoms with Gasteiger partial charge in [-0.05, 0) is 55.0 Å². The van der Waals surface area contributed by atoms with Gasteiger partial charge in [-0.15, -0.1) is 0 Å². The Morgan fingerprint density at radius 1 is 0.647 bits per heavy atom. The normalized spacial score (nSPS) is 10.4. The number of benzene rings is 1. The molecule has 0 amide bonds. The zero-order valence-electron chi connectivity index (χ0n) is 21.0. The fraction of sp³-hybridized carbons (Fsp3) is 0.571. The maximum absolute atomic E-state index is 11.5. The molecule has 0 aliphatic heterocycles. The van der Waals surface area contributed by atoms with Crippen molar-refractivity contribution in [3.8, 4) is 0 Å². The van der Waals surface area contributed by atoms with Gasteiger partial charge in [0.25, 0.3) is 0 Å². The molecule has 0 atom stereocenters. The minimum atomic E-state index is -1.16. The van der Waals surface area contributed by atoms with E-state index < -0.39 is 11.9 Å². The third-order valence-electron chi connectivity index (χ3n) is 5.88. The second-order valence-corrected chi connectivity index (χ2v) is 8.72. The molecule has 188 valence electrons. The van der Waals surface area contributed by atoms with Gasteiger partial charge in [-0.1, -0.05) is 78.1 Å². The van der Waals surface area contributed by atoms with E-state index in [1.54, 1.807) is 30.6 Å². The Bertz CT molecular complexity index is 745. The Balaban J connectivity index is 0.000000830. The van der Waals surface area contributed by atoms with Crippen LogP contribution in [0.4, 0.5) is 0 Å². The van der Waals surface area contributed by atoms with Crippen LogP contribution in [0.25, 0.3) is 0 Å². The topological polar surface area (TPSA) is 100 Å². The molecule has 0 fully saturated rings. The number of carbonyl (C=O) groups is 2. The van der Waals surface area contributed by atoms with Crippen LogP contribution in [0.2, 0.25) is 0 Å². The van der Waals surface area contributed by atoms with Crippen LogP contribution in [0.15, 0.2) is 36.9 Å². The van der Waals surface area contributed by atoms with Crippen molar-refractivity contribution in [3.05, 3.63) is 59.2 Å². The fourth-order valence-corrected chi connectivity index (χ4v) is 3.95. The lowest BCUT2D eigenvalue weighted by Gasteiger charge is -2.13. The number of aromatic carboxylic acids is 2. The van der Waals surface area contributed by atoms with Crippen molar-refractivity contribution in [1.82, 2.24) is 9.97 Å². The number of rotatable bonds is 16. The van der Waals surface area contributed by atoms with Gasteiger partial charge in [0.1, 0.15) is 6.33 Å². The van der Waals surface area contributed by atoms with Crippen LogP contribution in [0.1, 0.15) is 123 Å². The van der Waals surface area contributed by atoms with Gasteiger partial charge in [0.05, 0.1) is 11.1 Å². The third kappa shape index (κ3) is 12.5. The molecule has 0 saturated heterocycles. The van der Waals surface area contributed by atoms with E-state index in [-0.39, 0.29) is 11.1 Å². The summed E-state index contributed by atoms with van der Waals surface area (Å²) in [5.74, 6) is -2.32. The first-order valence-electron chi connectivity index (χ1n) is 12.8. The molecule has 0 unspecified atom stereocenters. The minimum Gasteiger partial charge on any atom is -0.478 e. The number of nitrogens with zero attached hydrogens (tertiary/aromatic N) is 2. The van der Waals surface area contributed by atoms with Gasteiger partial charge in [-0.3, -0.25) is 0 Å². The number of unbranched alkanes of at least 4 members (excludes halogenated alkanes) is 10. The molecule has 34 heavy (non-hydrogen) atoms. The van der Waals surface area contributed by atoms with Gasteiger partial charge < -0.3 is 10.2 Å². The van der Waals surface area contributed by atoms with Crippen LogP contribution >= 0.6 is 0 Å². The highest BCUT2D eigenvalue weighted by Crippen LogP contribution is 2.23. The van der Waals surface area contributed by atoms with E-state index in [0.29, 0.717) is 0 Å². The van der Waals surface area contributed by atoms with E-state index in [2.05, 4.69) is 23.8 Å². The molecule has 0 bridgehead atoms. The van der Waals surface area contributed by atoms with Crippen molar-refractivity contribution >= 4 is 11.9 Å². The smallest absolute Gasteiger partial charge is 0.336 e. The molecular weight excluding hydrogens is 428 g/mol. The molecule has 2 N–H and O–H groups in total. The average molecular weight is 471 g/mol. The Morgan fingerprint density at radius 3 is 1.32 bits per heavy atom. The summed E-state index contributed by atoms with van der Waals surface area (Å²) in [5, 5.41) is 18.9. The second-order valence-electron chi connectivity index (χ2n) is 8.72. The van der Waals surface area contributed by atoms with Crippen molar-refractivity contribution in [2.45, 2.75) is 104 Å². The van der Waals surface area contributed by atoms with E-state index in [1.807, 2.05) is 0 Å². The molecule has 0 aliphatic carbocycles. The Labute approximate surface area is 204 Å². The molecule has 0 radical (unpaired) electrons. The highest BCUT2D eigenvalue weighted by atomic mass is 16.4. The van der Waals surface area contributed by atoms with Crippen LogP contribution in [0.5, 0.6) is 0 Å². The van der Waals surface area contributed by atoms with Crippen LogP contribution in [0, 0.1) is 0 Å². The Morgan fingerprint density at radius 2 is 1.03 bits per heavy atom. The summed E-state index contributed by atoms with van der Waals surface area (Å²) in [5.41, 5.74) is 1.87. The largest absolute Gasteiger partial charge is 0.478 e. The average Bonchev–Trinajstić information content (AvgIpc) is 2.85. The van der Waals surface area contributed by atoms with Gasteiger partial charge in [0.2, 0.25) is 0 Å². The van der Waals surface area contributed by atoms with E-state index >= 15 is 0 Å². The van der Waals surface area contributed by atoms with E-state index in [1.165, 1.54) is 57.7 Å². The molecule has 1 heterocycles. The van der Waals surface area contributed by atoms with E-state index in [0.717, 1.165) is 49.7 Å². The maximum atomic E-state index is 11.5. The van der Waals surface area contributed by atoms with Gasteiger partial charge in [0.15, 0.2) is 0 Å². The molecule has 0 saturated carbocycles. The molecule has 6 nitrogen and oxygen atoms in total. The third-order valence-corrected chi connectivity index (χ3v) is 5.88. The minimum absolute atomic E-state index is 0.0832. The first-order chi connectivity index (χ1) is 16.5. The molecule has 0 aliphatic rings. The zero-order chi connectivity index (χ0) is 25.0. The standard InChI is InChI=1S/C24H38O4.C4H4N2/c1-3-5-7-9-11-13-15-19-17-21(23(25)26)22(24(27)28)18-20(19)16-14-12-10-8-6-4-2;1-2-5-4-6-3-1/h17-18H,3-16H2,1-2H3,(H,25,26)(H,27,28);1-4H. The molecular formula is C28H42N2O4. The van der Waals surface area contributed by atoms with Crippen molar-refractivity contribution in [2.75, 3.05) is 0 Å². The van der Waals surface area contributed by atoms with Crippen molar-refractivity contribution < 1.29 is 19.8 Å². The number of aromatic nitrogens is 2. The number of carboxylic acids is 2. The molecule has 2 rings (SSSR count). The lowest BCUT2D eigenvalue weighted by atomic mass is 9.91. The summed E-state index contributed by atoms with van der Waals surface area (Å²) in [6.45, 7) is 4.40. The summed E-state index contributed by atoms with van der Waals surface area (Å²) in [4.78, 5) is 30.4. The second kappa shape index (κ2) is 18.6. The highest BCUT2D eigenvalue weighted by Gasteiger charge is 2.19. The summed E-state index contributed by atoms with van der Waals surface area (Å²) >= 11 is 0. The quantitative estimate of drug-likeness (QED) is 0.248. The van der Waals surface area contributed by atoms with Crippen molar-refractivity contribution in [2.24, 2.45) is 0 Å². The lowest BCUT2D eigenvalue weighted by Crippen LogP contribution is -2.11. The van der Waals surface area contributed by atoms with Crippen LogP contribution in [0.3, 0.4) is 0 Å². The maximum Gasteiger partial charge on any atom is 0.336 e. The molecule has 1 aromatic carbocycles. The molecule has 6 heteroatoms. The zero-order valence-corrected chi connectivity index (χ0v) is 21.0. The summed E-state index contributed by atoms with van der Waals surface area (Å²) in [6.07, 6.45) is 20.8. The SMILES string of the molecule is CCCCCCCCc1cc(C(=O)O)c(C(=O)O)cc1CCCCCCCC.c1cncnc1. The van der Waals surface area contributed by atoms with Gasteiger partial charge in [-0.2, -0.15) is 0 Å². The fourth-order valence-electron chi connectivity index (χ4n) is 3.95.